The van der Waals surface area contributed by atoms with E-state index in [0.29, 0.717) is 17.6 Å². The summed E-state index contributed by atoms with van der Waals surface area (Å²) in [5.74, 6) is 1.86. The Kier molecular flexibility index (Phi) is 5.81. The van der Waals surface area contributed by atoms with Gasteiger partial charge in [0.05, 0.1) is 22.1 Å². The Labute approximate surface area is 276 Å². The SMILES string of the molecule is c1ccc(-c2nc(-c3ccccc3)nc(-n3c4ccccc4c4cc5c6ccc7ccccc7c6n(-c6ccccc6)c5cc43)n2)cc1. The van der Waals surface area contributed by atoms with Crippen LogP contribution < -0.4 is 0 Å². The van der Waals surface area contributed by atoms with Crippen LogP contribution in [0.3, 0.4) is 0 Å². The maximum Gasteiger partial charge on any atom is 0.238 e. The summed E-state index contributed by atoms with van der Waals surface area (Å²) in [5.41, 5.74) is 7.42. The molecule has 0 unspecified atom stereocenters. The van der Waals surface area contributed by atoms with Gasteiger partial charge in [-0.15, -0.1) is 0 Å². The number of para-hydroxylation sites is 2. The molecule has 0 atom stereocenters. The molecule has 5 heteroatoms. The van der Waals surface area contributed by atoms with Crippen molar-refractivity contribution in [3.8, 4) is 34.4 Å². The van der Waals surface area contributed by atoms with Crippen LogP contribution >= 0.6 is 0 Å². The first-order chi connectivity index (χ1) is 23.8. The van der Waals surface area contributed by atoms with Gasteiger partial charge in [-0.3, -0.25) is 4.57 Å². The van der Waals surface area contributed by atoms with Gasteiger partial charge >= 0.3 is 0 Å². The Morgan fingerprint density at radius 3 is 1.62 bits per heavy atom. The highest BCUT2D eigenvalue weighted by Gasteiger charge is 2.21. The van der Waals surface area contributed by atoms with E-state index in [1.54, 1.807) is 0 Å². The lowest BCUT2D eigenvalue weighted by Crippen LogP contribution is -2.06. The smallest absolute Gasteiger partial charge is 0.238 e. The molecule has 3 aromatic heterocycles. The van der Waals surface area contributed by atoms with E-state index in [2.05, 4.69) is 112 Å². The van der Waals surface area contributed by atoms with Crippen molar-refractivity contribution in [2.24, 2.45) is 0 Å². The topological polar surface area (TPSA) is 48.5 Å². The summed E-state index contributed by atoms with van der Waals surface area (Å²) in [6.07, 6.45) is 0. The lowest BCUT2D eigenvalue weighted by Gasteiger charge is -2.12. The second kappa shape index (κ2) is 10.5. The number of rotatable bonds is 4. The molecule has 224 valence electrons. The van der Waals surface area contributed by atoms with Crippen LogP contribution in [0.5, 0.6) is 0 Å². The van der Waals surface area contributed by atoms with Crippen LogP contribution in [0, 0.1) is 0 Å². The van der Waals surface area contributed by atoms with E-state index >= 15 is 0 Å². The van der Waals surface area contributed by atoms with Gasteiger partial charge < -0.3 is 4.57 Å². The normalized spacial score (nSPS) is 11.8. The average molecular weight is 614 g/mol. The number of benzene rings is 7. The first kappa shape index (κ1) is 26.6. The Bertz CT molecular complexity index is 2760. The highest BCUT2D eigenvalue weighted by atomic mass is 15.2. The Hall–Kier alpha value is -6.59. The molecule has 0 aliphatic heterocycles. The van der Waals surface area contributed by atoms with Crippen LogP contribution in [-0.2, 0) is 0 Å². The van der Waals surface area contributed by atoms with Crippen LogP contribution in [0.15, 0.2) is 164 Å². The Balaban J connectivity index is 1.35. The molecule has 0 saturated heterocycles. The third-order valence-electron chi connectivity index (χ3n) is 9.35. The molecule has 0 amide bonds. The summed E-state index contributed by atoms with van der Waals surface area (Å²) in [6.45, 7) is 0. The quantitative estimate of drug-likeness (QED) is 0.198. The van der Waals surface area contributed by atoms with E-state index in [1.807, 2.05) is 60.7 Å². The minimum atomic E-state index is 0.584. The standard InChI is InChI=1S/C43H27N5/c1-4-15-29(16-5-1)41-44-42(30-17-6-2-7-18-30)46-43(45-41)48-37-23-13-12-22-33(37)35-26-36-34-25-24-28-14-10-11-21-32(28)40(34)47(38(36)27-39(35)48)31-19-8-3-9-20-31/h1-27H. The number of hydrogen-bond donors (Lipinski definition) is 0. The number of aromatic nitrogens is 5. The lowest BCUT2D eigenvalue weighted by atomic mass is 10.0. The molecule has 0 radical (unpaired) electrons. The Morgan fingerprint density at radius 2 is 0.917 bits per heavy atom. The third-order valence-corrected chi connectivity index (χ3v) is 9.35. The van der Waals surface area contributed by atoms with Crippen molar-refractivity contribution in [2.45, 2.75) is 0 Å². The summed E-state index contributed by atoms with van der Waals surface area (Å²) in [7, 11) is 0. The summed E-state index contributed by atoms with van der Waals surface area (Å²) in [6, 6.07) is 57.3. The summed E-state index contributed by atoms with van der Waals surface area (Å²) in [5, 5.41) is 7.19. The monoisotopic (exact) mass is 613 g/mol. The molecule has 5 nitrogen and oxygen atoms in total. The molecule has 0 aliphatic carbocycles. The zero-order valence-electron chi connectivity index (χ0n) is 25.8. The zero-order valence-corrected chi connectivity index (χ0v) is 25.8. The van der Waals surface area contributed by atoms with Gasteiger partial charge in [-0.25, -0.2) is 4.98 Å². The van der Waals surface area contributed by atoms with E-state index < -0.39 is 0 Å². The van der Waals surface area contributed by atoms with Gasteiger partial charge in [-0.2, -0.15) is 9.97 Å². The van der Waals surface area contributed by atoms with E-state index in [-0.39, 0.29) is 0 Å². The molecular formula is C43H27N5. The zero-order chi connectivity index (χ0) is 31.6. The van der Waals surface area contributed by atoms with E-state index in [4.69, 9.17) is 15.0 Å². The predicted octanol–water partition coefficient (Wildman–Crippen LogP) is 10.6. The average Bonchev–Trinajstić information content (AvgIpc) is 3.67. The van der Waals surface area contributed by atoms with Gasteiger partial charge in [0.25, 0.3) is 0 Å². The van der Waals surface area contributed by atoms with Crippen LogP contribution in [0.2, 0.25) is 0 Å². The molecule has 0 N–H and O–H groups in total. The maximum absolute atomic E-state index is 5.15. The molecule has 0 fully saturated rings. The van der Waals surface area contributed by atoms with E-state index in [1.165, 1.54) is 27.1 Å². The van der Waals surface area contributed by atoms with Crippen LogP contribution in [-0.4, -0.2) is 24.1 Å². The van der Waals surface area contributed by atoms with Crippen molar-refractivity contribution in [1.82, 2.24) is 24.1 Å². The predicted molar refractivity (Wildman–Crippen MR) is 197 cm³/mol. The summed E-state index contributed by atoms with van der Waals surface area (Å²) >= 11 is 0. The molecule has 7 aromatic carbocycles. The first-order valence-electron chi connectivity index (χ1n) is 16.1. The Morgan fingerprint density at radius 1 is 0.354 bits per heavy atom. The fourth-order valence-electron chi connectivity index (χ4n) is 7.20. The van der Waals surface area contributed by atoms with Gasteiger partial charge in [0.2, 0.25) is 5.95 Å². The van der Waals surface area contributed by atoms with Crippen molar-refractivity contribution >= 4 is 54.4 Å². The highest BCUT2D eigenvalue weighted by Crippen LogP contribution is 2.41. The van der Waals surface area contributed by atoms with Gasteiger partial charge in [-0.05, 0) is 35.7 Å². The summed E-state index contributed by atoms with van der Waals surface area (Å²) < 4.78 is 4.61. The molecule has 0 saturated carbocycles. The fourth-order valence-corrected chi connectivity index (χ4v) is 7.20. The van der Waals surface area contributed by atoms with Crippen LogP contribution in [0.25, 0.3) is 88.8 Å². The second-order valence-corrected chi connectivity index (χ2v) is 12.1. The van der Waals surface area contributed by atoms with Gasteiger partial charge in [0.15, 0.2) is 11.6 Å². The third kappa shape index (κ3) is 4.01. The van der Waals surface area contributed by atoms with Crippen molar-refractivity contribution in [3.05, 3.63) is 164 Å². The number of nitrogens with zero attached hydrogens (tertiary/aromatic N) is 5. The van der Waals surface area contributed by atoms with Gasteiger partial charge in [0, 0.05) is 43.7 Å². The second-order valence-electron chi connectivity index (χ2n) is 12.1. The highest BCUT2D eigenvalue weighted by molar-refractivity contribution is 6.23. The van der Waals surface area contributed by atoms with Gasteiger partial charge in [0.1, 0.15) is 0 Å². The molecule has 10 rings (SSSR count). The van der Waals surface area contributed by atoms with Crippen molar-refractivity contribution in [1.29, 1.82) is 0 Å². The molecular weight excluding hydrogens is 587 g/mol. The maximum atomic E-state index is 5.15. The minimum absolute atomic E-state index is 0.584. The molecule has 48 heavy (non-hydrogen) atoms. The van der Waals surface area contributed by atoms with Gasteiger partial charge in [-0.1, -0.05) is 133 Å². The minimum Gasteiger partial charge on any atom is -0.309 e. The molecule has 3 heterocycles. The van der Waals surface area contributed by atoms with Crippen molar-refractivity contribution in [2.75, 3.05) is 0 Å². The lowest BCUT2D eigenvalue weighted by molar-refractivity contribution is 0.953. The van der Waals surface area contributed by atoms with Crippen LogP contribution in [0.1, 0.15) is 0 Å². The van der Waals surface area contributed by atoms with E-state index in [9.17, 15) is 0 Å². The van der Waals surface area contributed by atoms with E-state index in [0.717, 1.165) is 44.1 Å². The molecule has 0 aliphatic rings. The number of fused-ring (bicyclic) bond motifs is 8. The first-order valence-corrected chi connectivity index (χ1v) is 16.1. The molecule has 0 spiro atoms. The summed E-state index contributed by atoms with van der Waals surface area (Å²) in [4.78, 5) is 15.3. The largest absolute Gasteiger partial charge is 0.309 e. The fraction of sp³-hybridized carbons (Fsp3) is 0. The number of hydrogen-bond acceptors (Lipinski definition) is 3. The van der Waals surface area contributed by atoms with Crippen molar-refractivity contribution in [3.63, 3.8) is 0 Å². The molecule has 10 aromatic rings. The van der Waals surface area contributed by atoms with Crippen LogP contribution in [0.4, 0.5) is 0 Å². The van der Waals surface area contributed by atoms with Crippen molar-refractivity contribution < 1.29 is 0 Å². The molecule has 0 bridgehead atoms.